The van der Waals surface area contributed by atoms with Gasteiger partial charge >= 0.3 is 5.91 Å². The summed E-state index contributed by atoms with van der Waals surface area (Å²) < 4.78 is 32.7. The third-order valence-corrected chi connectivity index (χ3v) is 6.71. The molecule has 1 aromatic heterocycles. The Kier molecular flexibility index (Phi) is 7.07. The number of halogens is 2. The molecule has 2 fully saturated rings. The Morgan fingerprint density at radius 3 is 2.61 bits per heavy atom. The lowest BCUT2D eigenvalue weighted by Crippen LogP contribution is -2.57. The zero-order valence-electron chi connectivity index (χ0n) is 19.0. The first-order valence-corrected chi connectivity index (χ1v) is 11.5. The number of piperidine rings is 1. The van der Waals surface area contributed by atoms with Crippen molar-refractivity contribution in [1.29, 1.82) is 0 Å². The molecular weight excluding hydrogens is 430 g/mol. The van der Waals surface area contributed by atoms with Crippen molar-refractivity contribution in [2.75, 3.05) is 27.2 Å². The summed E-state index contributed by atoms with van der Waals surface area (Å²) in [6.07, 6.45) is 7.89. The number of hydrogen-bond acceptors (Lipinski definition) is 5. The highest BCUT2D eigenvalue weighted by Gasteiger charge is 2.39. The fraction of sp³-hybridized carbons (Fsp3) is 0.542. The number of hydrogen-bond donors (Lipinski definition) is 1. The molecule has 178 valence electrons. The van der Waals surface area contributed by atoms with Crippen molar-refractivity contribution < 1.29 is 22.8 Å². The molecule has 0 spiro atoms. The number of carbonyl (C=O) groups is 2. The number of likely N-dealkylation sites (tertiary alicyclic amines) is 1. The van der Waals surface area contributed by atoms with Crippen molar-refractivity contribution in [1.82, 2.24) is 20.1 Å². The number of nitrogens with zero attached hydrogens (tertiary/aromatic N) is 3. The Balaban J connectivity index is 1.47. The summed E-state index contributed by atoms with van der Waals surface area (Å²) in [5.74, 6) is -2.65. The fourth-order valence-corrected chi connectivity index (χ4v) is 4.93. The Morgan fingerprint density at radius 2 is 1.91 bits per heavy atom. The van der Waals surface area contributed by atoms with E-state index in [1.807, 2.05) is 0 Å². The van der Waals surface area contributed by atoms with Crippen molar-refractivity contribution in [2.24, 2.45) is 5.92 Å². The third kappa shape index (κ3) is 5.24. The minimum atomic E-state index is -0.801. The molecule has 2 unspecified atom stereocenters. The molecule has 2 amide bonds. The molecule has 7 nitrogen and oxygen atoms in total. The molecule has 2 heterocycles. The summed E-state index contributed by atoms with van der Waals surface area (Å²) in [4.78, 5) is 33.7. The molecule has 0 bridgehead atoms. The van der Waals surface area contributed by atoms with Gasteiger partial charge in [-0.1, -0.05) is 19.3 Å². The summed E-state index contributed by atoms with van der Waals surface area (Å²) in [7, 11) is 3.44. The van der Waals surface area contributed by atoms with Crippen molar-refractivity contribution in [2.45, 2.75) is 50.6 Å². The second-order valence-electron chi connectivity index (χ2n) is 9.15. The molecule has 1 aliphatic carbocycles. The van der Waals surface area contributed by atoms with Crippen LogP contribution < -0.4 is 5.32 Å². The lowest BCUT2D eigenvalue weighted by molar-refractivity contribution is -0.136. The number of nitrogens with one attached hydrogen (secondary N) is 1. The minimum Gasteiger partial charge on any atom is -0.432 e. The van der Waals surface area contributed by atoms with E-state index in [0.29, 0.717) is 19.0 Å². The Bertz CT molecular complexity index is 1000. The zero-order chi connectivity index (χ0) is 23.5. The second kappa shape index (κ2) is 9.99. The lowest BCUT2D eigenvalue weighted by Gasteiger charge is -2.43. The standard InChI is InChI=1S/C24H30F2N4O3/c1-29(2)24(32)18-14-30(16-6-4-3-5-7-16)11-10-20(18)28-22(31)23-27-13-21(33-23)17-9-8-15(25)12-19(17)26/h8-9,12-13,16,18,20H,3-7,10-11,14H2,1-2H3,(H,28,31). The molecule has 2 atom stereocenters. The summed E-state index contributed by atoms with van der Waals surface area (Å²) >= 11 is 0. The van der Waals surface area contributed by atoms with Gasteiger partial charge in [0.2, 0.25) is 5.91 Å². The maximum absolute atomic E-state index is 14.0. The van der Waals surface area contributed by atoms with Crippen LogP contribution in [-0.2, 0) is 4.79 Å². The van der Waals surface area contributed by atoms with Gasteiger partial charge in [-0.3, -0.25) is 14.5 Å². The van der Waals surface area contributed by atoms with Gasteiger partial charge in [-0.2, -0.15) is 0 Å². The van der Waals surface area contributed by atoms with Gasteiger partial charge in [0.25, 0.3) is 5.89 Å². The topological polar surface area (TPSA) is 78.7 Å². The van der Waals surface area contributed by atoms with Gasteiger partial charge < -0.3 is 14.6 Å². The van der Waals surface area contributed by atoms with E-state index in [9.17, 15) is 18.4 Å². The number of amides is 2. The average molecular weight is 461 g/mol. The number of carbonyl (C=O) groups excluding carboxylic acids is 2. The van der Waals surface area contributed by atoms with E-state index < -0.39 is 17.5 Å². The molecule has 9 heteroatoms. The second-order valence-corrected chi connectivity index (χ2v) is 9.15. The van der Waals surface area contributed by atoms with Gasteiger partial charge in [-0.25, -0.2) is 13.8 Å². The van der Waals surface area contributed by atoms with Gasteiger partial charge in [0, 0.05) is 45.3 Å². The Morgan fingerprint density at radius 1 is 1.15 bits per heavy atom. The van der Waals surface area contributed by atoms with Crippen LogP contribution in [0, 0.1) is 17.6 Å². The molecule has 2 aromatic rings. The van der Waals surface area contributed by atoms with Crippen LogP contribution in [0.2, 0.25) is 0 Å². The van der Waals surface area contributed by atoms with Crippen LogP contribution in [0.25, 0.3) is 11.3 Å². The number of oxazole rings is 1. The van der Waals surface area contributed by atoms with Crippen molar-refractivity contribution >= 4 is 11.8 Å². The monoisotopic (exact) mass is 460 g/mol. The molecule has 0 radical (unpaired) electrons. The SMILES string of the molecule is CN(C)C(=O)C1CN(C2CCCCC2)CCC1NC(=O)c1ncc(-c2ccc(F)cc2F)o1. The molecular formula is C24H30F2N4O3. The van der Waals surface area contributed by atoms with E-state index in [2.05, 4.69) is 15.2 Å². The molecule has 4 rings (SSSR count). The van der Waals surface area contributed by atoms with E-state index >= 15 is 0 Å². The zero-order valence-corrected chi connectivity index (χ0v) is 19.0. The highest BCUT2D eigenvalue weighted by Crippen LogP contribution is 2.29. The van der Waals surface area contributed by atoms with Gasteiger partial charge in [0.15, 0.2) is 5.76 Å². The van der Waals surface area contributed by atoms with Crippen LogP contribution in [0.4, 0.5) is 8.78 Å². The first-order valence-electron chi connectivity index (χ1n) is 11.5. The van der Waals surface area contributed by atoms with Crippen LogP contribution >= 0.6 is 0 Å². The first-order chi connectivity index (χ1) is 15.8. The summed E-state index contributed by atoms with van der Waals surface area (Å²) in [5, 5.41) is 2.91. The quantitative estimate of drug-likeness (QED) is 0.739. The molecule has 33 heavy (non-hydrogen) atoms. The minimum absolute atomic E-state index is 0.0180. The third-order valence-electron chi connectivity index (χ3n) is 6.71. The van der Waals surface area contributed by atoms with Crippen LogP contribution in [-0.4, -0.2) is 65.9 Å². The van der Waals surface area contributed by atoms with Gasteiger partial charge in [-0.15, -0.1) is 0 Å². The van der Waals surface area contributed by atoms with Gasteiger partial charge in [-0.05, 0) is 31.4 Å². The van der Waals surface area contributed by atoms with E-state index in [0.717, 1.165) is 31.5 Å². The van der Waals surface area contributed by atoms with Crippen LogP contribution in [0.15, 0.2) is 28.8 Å². The maximum Gasteiger partial charge on any atom is 0.307 e. The Labute approximate surface area is 192 Å². The normalized spacial score (nSPS) is 22.2. The molecule has 2 aliphatic rings. The van der Waals surface area contributed by atoms with E-state index in [1.165, 1.54) is 31.5 Å². The molecule has 1 aromatic carbocycles. The molecule has 1 saturated heterocycles. The van der Waals surface area contributed by atoms with Crippen LogP contribution in [0.3, 0.4) is 0 Å². The van der Waals surface area contributed by atoms with E-state index in [4.69, 9.17) is 4.42 Å². The summed E-state index contributed by atoms with van der Waals surface area (Å²) in [6.45, 7) is 1.41. The Hall–Kier alpha value is -2.81. The molecule has 1 saturated carbocycles. The highest BCUT2D eigenvalue weighted by atomic mass is 19.1. The summed E-state index contributed by atoms with van der Waals surface area (Å²) in [5.41, 5.74) is 0.0180. The van der Waals surface area contributed by atoms with Gasteiger partial charge in [0.1, 0.15) is 11.6 Å². The predicted molar refractivity (Wildman–Crippen MR) is 118 cm³/mol. The number of aromatic nitrogens is 1. The van der Waals surface area contributed by atoms with Crippen LogP contribution in [0.1, 0.15) is 49.2 Å². The van der Waals surface area contributed by atoms with Crippen molar-refractivity contribution in [3.05, 3.63) is 41.9 Å². The van der Waals surface area contributed by atoms with Crippen molar-refractivity contribution in [3.8, 4) is 11.3 Å². The number of benzene rings is 1. The largest absolute Gasteiger partial charge is 0.432 e. The number of rotatable bonds is 5. The van der Waals surface area contributed by atoms with E-state index in [-0.39, 0.29) is 35.1 Å². The smallest absolute Gasteiger partial charge is 0.307 e. The van der Waals surface area contributed by atoms with Crippen molar-refractivity contribution in [3.63, 3.8) is 0 Å². The average Bonchev–Trinajstić information content (AvgIpc) is 3.29. The maximum atomic E-state index is 14.0. The predicted octanol–water partition coefficient (Wildman–Crippen LogP) is 3.46. The lowest BCUT2D eigenvalue weighted by atomic mass is 9.86. The van der Waals surface area contributed by atoms with E-state index in [1.54, 1.807) is 19.0 Å². The fourth-order valence-electron chi connectivity index (χ4n) is 4.93. The first kappa shape index (κ1) is 23.4. The summed E-state index contributed by atoms with van der Waals surface area (Å²) in [6, 6.07) is 3.23. The molecule has 1 aliphatic heterocycles. The highest BCUT2D eigenvalue weighted by molar-refractivity contribution is 5.91. The van der Waals surface area contributed by atoms with Crippen LogP contribution in [0.5, 0.6) is 0 Å². The van der Waals surface area contributed by atoms with Gasteiger partial charge in [0.05, 0.1) is 17.7 Å². The molecule has 1 N–H and O–H groups in total.